The Labute approximate surface area is 247 Å². The summed E-state index contributed by atoms with van der Waals surface area (Å²) in [6, 6.07) is 22.2. The van der Waals surface area contributed by atoms with E-state index in [4.69, 9.17) is 16.3 Å². The highest BCUT2D eigenvalue weighted by Crippen LogP contribution is 2.24. The van der Waals surface area contributed by atoms with Crippen molar-refractivity contribution in [2.24, 2.45) is 0 Å². The molecule has 0 spiro atoms. The molecule has 3 aromatic carbocycles. The Balaban J connectivity index is 1.71. The number of carbonyl (C=O) groups is 2. The molecule has 10 heteroatoms. The number of nitrogens with zero attached hydrogens (tertiary/aromatic N) is 2. The van der Waals surface area contributed by atoms with E-state index in [1.165, 1.54) is 12.0 Å². The van der Waals surface area contributed by atoms with E-state index in [0.29, 0.717) is 16.5 Å². The Kier molecular flexibility index (Phi) is 10.3. The lowest BCUT2D eigenvalue weighted by molar-refractivity contribution is -0.140. The average Bonchev–Trinajstić information content (AvgIpc) is 3.47. The third-order valence-corrected chi connectivity index (χ3v) is 8.67. The first-order valence-corrected chi connectivity index (χ1v) is 15.9. The van der Waals surface area contributed by atoms with Gasteiger partial charge in [-0.15, -0.1) is 0 Å². The van der Waals surface area contributed by atoms with E-state index in [9.17, 15) is 18.0 Å². The molecule has 0 aliphatic heterocycles. The van der Waals surface area contributed by atoms with Crippen LogP contribution in [-0.4, -0.2) is 57.1 Å². The van der Waals surface area contributed by atoms with Crippen LogP contribution in [0.2, 0.25) is 5.02 Å². The first-order chi connectivity index (χ1) is 19.6. The van der Waals surface area contributed by atoms with Gasteiger partial charge >= 0.3 is 0 Å². The molecule has 0 aromatic heterocycles. The van der Waals surface area contributed by atoms with Crippen LogP contribution < -0.4 is 14.4 Å². The van der Waals surface area contributed by atoms with Crippen LogP contribution in [0.25, 0.3) is 0 Å². The van der Waals surface area contributed by atoms with Crippen LogP contribution >= 0.6 is 11.6 Å². The second-order valence-electron chi connectivity index (χ2n) is 10.3. The summed E-state index contributed by atoms with van der Waals surface area (Å²) < 4.78 is 32.0. The van der Waals surface area contributed by atoms with Crippen LogP contribution in [0.3, 0.4) is 0 Å². The van der Waals surface area contributed by atoms with E-state index < -0.39 is 28.5 Å². The van der Waals surface area contributed by atoms with Gasteiger partial charge in [-0.3, -0.25) is 13.9 Å². The molecular weight excluding hydrogens is 562 g/mol. The van der Waals surface area contributed by atoms with Crippen molar-refractivity contribution in [3.8, 4) is 5.75 Å². The number of methoxy groups -OCH3 is 1. The second-order valence-corrected chi connectivity index (χ2v) is 12.7. The molecule has 0 unspecified atom stereocenters. The molecule has 0 bridgehead atoms. The molecule has 1 N–H and O–H groups in total. The molecule has 4 rings (SSSR count). The van der Waals surface area contributed by atoms with E-state index in [1.54, 1.807) is 48.5 Å². The minimum absolute atomic E-state index is 0.0556. The smallest absolute Gasteiger partial charge is 0.244 e. The number of amides is 2. The Morgan fingerprint density at radius 1 is 0.951 bits per heavy atom. The number of nitrogens with one attached hydrogen (secondary N) is 1. The lowest BCUT2D eigenvalue weighted by Gasteiger charge is -2.34. The molecular formula is C31H36ClN3O5S. The quantitative estimate of drug-likeness (QED) is 0.323. The van der Waals surface area contributed by atoms with Crippen molar-refractivity contribution in [2.45, 2.75) is 50.7 Å². The third kappa shape index (κ3) is 8.47. The van der Waals surface area contributed by atoms with Crippen molar-refractivity contribution in [1.82, 2.24) is 10.2 Å². The fourth-order valence-electron chi connectivity index (χ4n) is 5.07. The maximum atomic E-state index is 14.1. The topological polar surface area (TPSA) is 96.0 Å². The molecule has 1 fully saturated rings. The van der Waals surface area contributed by atoms with Gasteiger partial charge in [-0.2, -0.15) is 0 Å². The molecule has 0 heterocycles. The van der Waals surface area contributed by atoms with Gasteiger partial charge in [-0.25, -0.2) is 8.42 Å². The minimum Gasteiger partial charge on any atom is -0.497 e. The lowest BCUT2D eigenvalue weighted by Crippen LogP contribution is -2.54. The number of anilines is 1. The minimum atomic E-state index is -3.84. The molecule has 1 aliphatic carbocycles. The van der Waals surface area contributed by atoms with E-state index in [-0.39, 0.29) is 24.9 Å². The summed E-state index contributed by atoms with van der Waals surface area (Å²) in [4.78, 5) is 29.5. The van der Waals surface area contributed by atoms with Gasteiger partial charge in [0, 0.05) is 24.0 Å². The van der Waals surface area contributed by atoms with Gasteiger partial charge in [0.15, 0.2) is 0 Å². The number of benzene rings is 3. The van der Waals surface area contributed by atoms with Gasteiger partial charge in [-0.05, 0) is 60.4 Å². The molecule has 1 aliphatic rings. The van der Waals surface area contributed by atoms with Gasteiger partial charge in [0.2, 0.25) is 21.8 Å². The van der Waals surface area contributed by atoms with E-state index >= 15 is 0 Å². The summed E-state index contributed by atoms with van der Waals surface area (Å²) in [6.45, 7) is -0.368. The Morgan fingerprint density at radius 2 is 1.59 bits per heavy atom. The molecule has 1 saturated carbocycles. The second kappa shape index (κ2) is 13.9. The number of hydrogen-bond acceptors (Lipinski definition) is 5. The predicted molar refractivity (Wildman–Crippen MR) is 162 cm³/mol. The summed E-state index contributed by atoms with van der Waals surface area (Å²) in [5, 5.41) is 3.71. The average molecular weight is 598 g/mol. The van der Waals surface area contributed by atoms with E-state index in [0.717, 1.165) is 47.4 Å². The first-order valence-electron chi connectivity index (χ1n) is 13.6. The highest BCUT2D eigenvalue weighted by Gasteiger charge is 2.34. The zero-order valence-electron chi connectivity index (χ0n) is 23.3. The van der Waals surface area contributed by atoms with Crippen LogP contribution in [0.1, 0.15) is 36.8 Å². The van der Waals surface area contributed by atoms with Crippen LogP contribution in [-0.2, 0) is 32.6 Å². The molecule has 1 atom stereocenters. The fourth-order valence-corrected chi connectivity index (χ4v) is 6.05. The molecule has 2 amide bonds. The normalized spacial score (nSPS) is 14.3. The number of sulfonamides is 1. The Hall–Kier alpha value is -3.56. The molecule has 218 valence electrons. The van der Waals surface area contributed by atoms with Gasteiger partial charge in [0.05, 0.1) is 19.1 Å². The number of ether oxygens (including phenoxy) is 1. The Bertz CT molecular complexity index is 1410. The number of hydrogen-bond donors (Lipinski definition) is 1. The SMILES string of the molecule is COc1ccc(N(CC(=O)N(Cc2ccc(Cl)cc2)[C@H](Cc2ccccc2)C(=O)NC2CCCC2)S(C)(=O)=O)cc1. The van der Waals surface area contributed by atoms with Crippen molar-refractivity contribution in [3.05, 3.63) is 95.0 Å². The van der Waals surface area contributed by atoms with Gasteiger partial charge in [0.1, 0.15) is 18.3 Å². The van der Waals surface area contributed by atoms with E-state index in [2.05, 4.69) is 5.32 Å². The highest BCUT2D eigenvalue weighted by atomic mass is 35.5. The maximum Gasteiger partial charge on any atom is 0.244 e. The third-order valence-electron chi connectivity index (χ3n) is 7.28. The van der Waals surface area contributed by atoms with Crippen LogP contribution in [0.5, 0.6) is 5.75 Å². The summed E-state index contributed by atoms with van der Waals surface area (Å²) in [7, 11) is -2.32. The number of carbonyl (C=O) groups excluding carboxylic acids is 2. The summed E-state index contributed by atoms with van der Waals surface area (Å²) in [5.41, 5.74) is 1.98. The zero-order valence-corrected chi connectivity index (χ0v) is 24.9. The van der Waals surface area contributed by atoms with Gasteiger partial charge < -0.3 is 15.0 Å². The summed E-state index contributed by atoms with van der Waals surface area (Å²) in [5.74, 6) is -0.188. The molecule has 0 radical (unpaired) electrons. The number of halogens is 1. The lowest BCUT2D eigenvalue weighted by atomic mass is 10.0. The summed E-state index contributed by atoms with van der Waals surface area (Å²) >= 11 is 6.11. The maximum absolute atomic E-state index is 14.1. The standard InChI is InChI=1S/C31H36ClN3O5S/c1-40-28-18-16-27(17-19-28)35(41(2,38)39)22-30(36)34(21-24-12-14-25(32)15-13-24)29(20-23-8-4-3-5-9-23)31(37)33-26-10-6-7-11-26/h3-5,8-9,12-19,26,29H,6-7,10-11,20-22H2,1-2H3,(H,33,37)/t29-/m1/s1. The first kappa shape index (κ1) is 30.4. The largest absolute Gasteiger partial charge is 0.497 e. The Morgan fingerprint density at radius 3 is 2.17 bits per heavy atom. The number of rotatable bonds is 12. The van der Waals surface area contributed by atoms with Gasteiger partial charge in [0.25, 0.3) is 0 Å². The monoisotopic (exact) mass is 597 g/mol. The van der Waals surface area contributed by atoms with Crippen molar-refractivity contribution >= 4 is 39.1 Å². The van der Waals surface area contributed by atoms with Gasteiger partial charge in [-0.1, -0.05) is 66.9 Å². The van der Waals surface area contributed by atoms with Crippen LogP contribution in [0.15, 0.2) is 78.9 Å². The molecule has 41 heavy (non-hydrogen) atoms. The fraction of sp³-hybridized carbons (Fsp3) is 0.355. The predicted octanol–water partition coefficient (Wildman–Crippen LogP) is 4.81. The van der Waals surface area contributed by atoms with E-state index in [1.807, 2.05) is 30.3 Å². The molecule has 8 nitrogen and oxygen atoms in total. The molecule has 0 saturated heterocycles. The van der Waals surface area contributed by atoms with Crippen molar-refractivity contribution < 1.29 is 22.7 Å². The molecule has 3 aromatic rings. The van der Waals surface area contributed by atoms with Crippen molar-refractivity contribution in [3.63, 3.8) is 0 Å². The van der Waals surface area contributed by atoms with Crippen molar-refractivity contribution in [2.75, 3.05) is 24.2 Å². The van der Waals surface area contributed by atoms with Crippen LogP contribution in [0.4, 0.5) is 5.69 Å². The zero-order chi connectivity index (χ0) is 29.4. The van der Waals surface area contributed by atoms with Crippen LogP contribution in [0, 0.1) is 0 Å². The highest BCUT2D eigenvalue weighted by molar-refractivity contribution is 7.92. The summed E-state index contributed by atoms with van der Waals surface area (Å²) in [6.07, 6.45) is 5.23. The van der Waals surface area contributed by atoms with Crippen molar-refractivity contribution in [1.29, 1.82) is 0 Å².